The van der Waals surface area contributed by atoms with Gasteiger partial charge < -0.3 is 24.6 Å². The maximum absolute atomic E-state index is 12.6. The van der Waals surface area contributed by atoms with Gasteiger partial charge in [-0.1, -0.05) is 219 Å². The smallest absolute Gasteiger partial charge is 0.462 e. The lowest BCUT2D eigenvalue weighted by molar-refractivity contribution is -0.161. The fourth-order valence-corrected chi connectivity index (χ4v) is 7.84. The number of aliphatic hydroxyl groups excluding tert-OH is 2. The van der Waals surface area contributed by atoms with Crippen molar-refractivity contribution >= 4 is 19.8 Å². The average molecular weight is 835 g/mol. The van der Waals surface area contributed by atoms with E-state index in [9.17, 15) is 24.2 Å². The first-order valence-electron chi connectivity index (χ1n) is 24.0. The molecule has 0 saturated heterocycles. The third kappa shape index (κ3) is 42.9. The number of carbonyl (C=O) groups is 2. The Morgan fingerprint density at radius 3 is 1.09 bits per heavy atom. The van der Waals surface area contributed by atoms with Gasteiger partial charge in [0.1, 0.15) is 12.7 Å². The number of aliphatic hydroxyl groups is 2. The lowest BCUT2D eigenvalue weighted by Crippen LogP contribution is -2.29. The topological polar surface area (TPSA) is 149 Å². The molecule has 0 fully saturated rings. The minimum Gasteiger partial charge on any atom is -0.462 e. The highest BCUT2D eigenvalue weighted by molar-refractivity contribution is 7.47. The predicted octanol–water partition coefficient (Wildman–Crippen LogP) is 13.0. The summed E-state index contributed by atoms with van der Waals surface area (Å²) < 4.78 is 32.7. The SMILES string of the molecule is CCCCCCCCCCCCCCCCCCCCCCCCCCC(=O)OC(COC(=O)CCCCCCCCCCCC)COP(=O)(O)OCC(O)CO. The first-order valence-corrected chi connectivity index (χ1v) is 25.5. The Kier molecular flexibility index (Phi) is 42.3. The van der Waals surface area contributed by atoms with Gasteiger partial charge in [0.15, 0.2) is 6.10 Å². The molecule has 3 N–H and O–H groups in total. The van der Waals surface area contributed by atoms with Gasteiger partial charge in [-0.25, -0.2) is 4.57 Å². The van der Waals surface area contributed by atoms with Crippen LogP contribution in [-0.4, -0.2) is 65.7 Å². The van der Waals surface area contributed by atoms with Crippen LogP contribution in [0, 0.1) is 0 Å². The monoisotopic (exact) mass is 835 g/mol. The number of carbonyl (C=O) groups excluding carboxylic acids is 2. The van der Waals surface area contributed by atoms with Gasteiger partial charge in [-0.05, 0) is 12.8 Å². The van der Waals surface area contributed by atoms with Crippen LogP contribution in [0.4, 0.5) is 0 Å². The van der Waals surface area contributed by atoms with Crippen LogP contribution in [0.2, 0.25) is 0 Å². The largest absolute Gasteiger partial charge is 0.472 e. The third-order valence-electron chi connectivity index (χ3n) is 10.8. The Balaban J connectivity index is 4.05. The molecular formula is C46H91O10P. The normalized spacial score (nSPS) is 13.7. The summed E-state index contributed by atoms with van der Waals surface area (Å²) in [5, 5.41) is 18.3. The molecular weight excluding hydrogens is 743 g/mol. The molecule has 57 heavy (non-hydrogen) atoms. The molecule has 10 nitrogen and oxygen atoms in total. The van der Waals surface area contributed by atoms with E-state index < -0.39 is 51.8 Å². The minimum atomic E-state index is -4.61. The molecule has 0 bridgehead atoms. The summed E-state index contributed by atoms with van der Waals surface area (Å²) in [6.07, 6.45) is 40.9. The van der Waals surface area contributed by atoms with Crippen molar-refractivity contribution in [1.29, 1.82) is 0 Å². The van der Waals surface area contributed by atoms with E-state index in [1.807, 2.05) is 0 Å². The number of phosphoric acid groups is 1. The quantitative estimate of drug-likeness (QED) is 0.0307. The summed E-state index contributed by atoms with van der Waals surface area (Å²) in [4.78, 5) is 35.0. The molecule has 0 amide bonds. The minimum absolute atomic E-state index is 0.193. The van der Waals surface area contributed by atoms with Crippen molar-refractivity contribution in [2.24, 2.45) is 0 Å². The number of rotatable bonds is 46. The van der Waals surface area contributed by atoms with E-state index in [-0.39, 0.29) is 19.4 Å². The van der Waals surface area contributed by atoms with Gasteiger partial charge in [0.2, 0.25) is 0 Å². The molecule has 0 radical (unpaired) electrons. The number of hydrogen-bond donors (Lipinski definition) is 3. The number of esters is 2. The highest BCUT2D eigenvalue weighted by atomic mass is 31.2. The van der Waals surface area contributed by atoms with Gasteiger partial charge in [-0.3, -0.25) is 18.6 Å². The molecule has 0 aliphatic heterocycles. The van der Waals surface area contributed by atoms with Gasteiger partial charge in [0.05, 0.1) is 19.8 Å². The number of unbranched alkanes of at least 4 members (excludes halogenated alkanes) is 32. The van der Waals surface area contributed by atoms with Crippen LogP contribution in [0.25, 0.3) is 0 Å². The van der Waals surface area contributed by atoms with Crippen LogP contribution in [-0.2, 0) is 32.7 Å². The molecule has 0 aromatic heterocycles. The van der Waals surface area contributed by atoms with E-state index in [4.69, 9.17) is 23.6 Å². The van der Waals surface area contributed by atoms with Gasteiger partial charge in [-0.15, -0.1) is 0 Å². The van der Waals surface area contributed by atoms with E-state index in [2.05, 4.69) is 13.8 Å². The molecule has 0 aromatic carbocycles. The third-order valence-corrected chi connectivity index (χ3v) is 11.7. The molecule has 3 atom stereocenters. The second kappa shape index (κ2) is 43.1. The van der Waals surface area contributed by atoms with Crippen LogP contribution in [0.1, 0.15) is 245 Å². The Bertz CT molecular complexity index is 920. The molecule has 340 valence electrons. The number of hydrogen-bond acceptors (Lipinski definition) is 9. The number of ether oxygens (including phenoxy) is 2. The van der Waals surface area contributed by atoms with Crippen molar-refractivity contribution in [2.45, 2.75) is 257 Å². The van der Waals surface area contributed by atoms with Gasteiger partial charge >= 0.3 is 19.8 Å². The molecule has 0 rings (SSSR count). The van der Waals surface area contributed by atoms with Crippen LogP contribution in [0.15, 0.2) is 0 Å². The average Bonchev–Trinajstić information content (AvgIpc) is 3.20. The van der Waals surface area contributed by atoms with Gasteiger partial charge in [0.25, 0.3) is 0 Å². The first kappa shape index (κ1) is 56.0. The van der Waals surface area contributed by atoms with E-state index >= 15 is 0 Å². The maximum Gasteiger partial charge on any atom is 0.472 e. The fourth-order valence-electron chi connectivity index (χ4n) is 7.05. The van der Waals surface area contributed by atoms with E-state index in [1.54, 1.807) is 0 Å². The van der Waals surface area contributed by atoms with E-state index in [0.717, 1.165) is 38.5 Å². The number of phosphoric ester groups is 1. The fraction of sp³-hybridized carbons (Fsp3) is 0.957. The van der Waals surface area contributed by atoms with Gasteiger partial charge in [-0.2, -0.15) is 0 Å². The highest BCUT2D eigenvalue weighted by Gasteiger charge is 2.27. The zero-order valence-electron chi connectivity index (χ0n) is 37.1. The van der Waals surface area contributed by atoms with Crippen molar-refractivity contribution < 1.29 is 47.8 Å². The molecule has 11 heteroatoms. The lowest BCUT2D eigenvalue weighted by Gasteiger charge is -2.20. The second-order valence-electron chi connectivity index (χ2n) is 16.5. The second-order valence-corrected chi connectivity index (χ2v) is 18.0. The van der Waals surface area contributed by atoms with E-state index in [1.165, 1.54) is 167 Å². The predicted molar refractivity (Wildman–Crippen MR) is 233 cm³/mol. The Labute approximate surface area is 350 Å². The molecule has 0 aliphatic carbocycles. The van der Waals surface area contributed by atoms with Crippen molar-refractivity contribution in [3.63, 3.8) is 0 Å². The molecule has 0 heterocycles. The molecule has 0 aromatic rings. The molecule has 3 unspecified atom stereocenters. The molecule has 0 aliphatic rings. The summed E-state index contributed by atoms with van der Waals surface area (Å²) in [6.45, 7) is 2.41. The summed E-state index contributed by atoms with van der Waals surface area (Å²) in [6, 6.07) is 0. The van der Waals surface area contributed by atoms with Crippen LogP contribution in [0.3, 0.4) is 0 Å². The Hall–Kier alpha value is -1.03. The van der Waals surface area contributed by atoms with E-state index in [0.29, 0.717) is 12.8 Å². The summed E-state index contributed by atoms with van der Waals surface area (Å²) in [5.74, 6) is -0.910. The van der Waals surface area contributed by atoms with Crippen molar-refractivity contribution in [1.82, 2.24) is 0 Å². The van der Waals surface area contributed by atoms with Crippen LogP contribution in [0.5, 0.6) is 0 Å². The van der Waals surface area contributed by atoms with Crippen LogP contribution >= 0.6 is 7.82 Å². The molecule has 0 spiro atoms. The van der Waals surface area contributed by atoms with Crippen molar-refractivity contribution in [2.75, 3.05) is 26.4 Å². The van der Waals surface area contributed by atoms with Gasteiger partial charge in [0, 0.05) is 12.8 Å². The zero-order chi connectivity index (χ0) is 41.9. The Morgan fingerprint density at radius 1 is 0.456 bits per heavy atom. The maximum atomic E-state index is 12.6. The standard InChI is InChI=1S/C46H91O10P/c1-3-5-7-9-11-13-15-16-17-18-19-20-21-22-23-24-25-26-27-28-30-32-34-36-38-46(50)56-44(42-55-57(51,52)54-40-43(48)39-47)41-53-45(49)37-35-33-31-29-14-12-10-8-6-4-2/h43-44,47-48H,3-42H2,1-2H3,(H,51,52). The van der Waals surface area contributed by atoms with Crippen molar-refractivity contribution in [3.8, 4) is 0 Å². The summed E-state index contributed by atoms with van der Waals surface area (Å²) >= 11 is 0. The summed E-state index contributed by atoms with van der Waals surface area (Å²) in [7, 11) is -4.61. The zero-order valence-corrected chi connectivity index (χ0v) is 38.0. The summed E-state index contributed by atoms with van der Waals surface area (Å²) in [5.41, 5.74) is 0. The van der Waals surface area contributed by atoms with Crippen molar-refractivity contribution in [3.05, 3.63) is 0 Å². The highest BCUT2D eigenvalue weighted by Crippen LogP contribution is 2.43. The first-order chi connectivity index (χ1) is 27.7. The molecule has 0 saturated carbocycles. The Morgan fingerprint density at radius 2 is 0.754 bits per heavy atom. The van der Waals surface area contributed by atoms with Crippen LogP contribution < -0.4 is 0 Å². The lowest BCUT2D eigenvalue weighted by atomic mass is 10.0.